The van der Waals surface area contributed by atoms with Crippen molar-refractivity contribution in [1.82, 2.24) is 0 Å². The van der Waals surface area contributed by atoms with Crippen molar-refractivity contribution in [1.29, 1.82) is 0 Å². The number of esters is 1. The van der Waals surface area contributed by atoms with Crippen LogP contribution < -0.4 is 4.74 Å². The number of carboxylic acid groups (broad SMARTS) is 1. The van der Waals surface area contributed by atoms with Gasteiger partial charge in [-0.15, -0.1) is 0 Å². The topological polar surface area (TPSA) is 242 Å². The van der Waals surface area contributed by atoms with Gasteiger partial charge < -0.3 is 64.5 Å². The maximum Gasteiger partial charge on any atom is 0.335 e. The lowest BCUT2D eigenvalue weighted by Gasteiger charge is -2.45. The molecule has 2 aliphatic rings. The number of phenols is 1. The number of hydrogen-bond acceptors (Lipinski definition) is 14. The predicted octanol–water partition coefficient (Wildman–Crippen LogP) is -3.33. The predicted molar refractivity (Wildman–Crippen MR) is 117 cm³/mol. The molecule has 1 aromatic carbocycles. The molecule has 1 aromatic rings. The number of benzene rings is 1. The van der Waals surface area contributed by atoms with Gasteiger partial charge in [0.05, 0.1) is 13.7 Å². The number of ether oxygens (including phenoxy) is 5. The molecule has 0 aliphatic carbocycles. The molecule has 2 fully saturated rings. The fraction of sp³-hybridized carbons (Fsp3) is 0.545. The average Bonchev–Trinajstić information content (AvgIpc) is 2.87. The smallest absolute Gasteiger partial charge is 0.335 e. The van der Waals surface area contributed by atoms with Crippen LogP contribution in [-0.4, -0.2) is 128 Å². The Hall–Kier alpha value is -2.86. The Kier molecular flexibility index (Phi) is 9.41. The van der Waals surface area contributed by atoms with E-state index in [4.69, 9.17) is 23.7 Å². The summed E-state index contributed by atoms with van der Waals surface area (Å²) in [4.78, 5) is 23.8. The Bertz CT molecular complexity index is 983. The van der Waals surface area contributed by atoms with Gasteiger partial charge in [0.25, 0.3) is 0 Å². The van der Waals surface area contributed by atoms with Crippen molar-refractivity contribution in [2.24, 2.45) is 0 Å². The summed E-state index contributed by atoms with van der Waals surface area (Å²) in [6.45, 7) is -0.795. The fourth-order valence-electron chi connectivity index (χ4n) is 3.73. The number of aliphatic hydroxyl groups is 6. The molecule has 2 saturated heterocycles. The van der Waals surface area contributed by atoms with Crippen molar-refractivity contribution < 1.29 is 74.1 Å². The second kappa shape index (κ2) is 12.1. The van der Waals surface area contributed by atoms with Crippen molar-refractivity contribution in [2.45, 2.75) is 61.4 Å². The molecule has 2 heterocycles. The van der Waals surface area contributed by atoms with Gasteiger partial charge in [-0.25, -0.2) is 9.59 Å². The van der Waals surface area contributed by atoms with E-state index in [0.29, 0.717) is 5.56 Å². The zero-order valence-electron chi connectivity index (χ0n) is 19.3. The molecule has 8 N–H and O–H groups in total. The molecule has 3 rings (SSSR count). The lowest BCUT2D eigenvalue weighted by atomic mass is 9.97. The Labute approximate surface area is 209 Å². The van der Waals surface area contributed by atoms with Gasteiger partial charge in [0.2, 0.25) is 6.29 Å². The molecule has 206 valence electrons. The molecular weight excluding hydrogens is 504 g/mol. The summed E-state index contributed by atoms with van der Waals surface area (Å²) in [6, 6.07) is 4.21. The largest absolute Gasteiger partial charge is 0.504 e. The number of aliphatic carboxylic acids is 1. The number of rotatable bonds is 8. The highest BCUT2D eigenvalue weighted by molar-refractivity contribution is 5.87. The number of carbonyl (C=O) groups is 2. The first kappa shape index (κ1) is 28.7. The Morgan fingerprint density at radius 3 is 2.30 bits per heavy atom. The van der Waals surface area contributed by atoms with Gasteiger partial charge in [-0.05, 0) is 23.8 Å². The summed E-state index contributed by atoms with van der Waals surface area (Å²) in [7, 11) is 1.33. The summed E-state index contributed by atoms with van der Waals surface area (Å²) < 4.78 is 25.8. The van der Waals surface area contributed by atoms with E-state index in [0.717, 1.165) is 6.08 Å². The molecule has 0 aromatic heterocycles. The van der Waals surface area contributed by atoms with Crippen LogP contribution in [0.15, 0.2) is 24.3 Å². The third kappa shape index (κ3) is 6.35. The molecule has 15 nitrogen and oxygen atoms in total. The first-order valence-corrected chi connectivity index (χ1v) is 10.9. The van der Waals surface area contributed by atoms with Gasteiger partial charge >= 0.3 is 11.9 Å². The fourth-order valence-corrected chi connectivity index (χ4v) is 3.73. The normalized spacial score (nSPS) is 36.3. The van der Waals surface area contributed by atoms with Gasteiger partial charge in [-0.3, -0.25) is 0 Å². The van der Waals surface area contributed by atoms with E-state index in [1.807, 2.05) is 0 Å². The molecule has 0 saturated carbocycles. The van der Waals surface area contributed by atoms with Crippen molar-refractivity contribution in [3.63, 3.8) is 0 Å². The number of aromatic hydroxyl groups is 1. The molecule has 0 bridgehead atoms. The van der Waals surface area contributed by atoms with Crippen molar-refractivity contribution >= 4 is 18.0 Å². The van der Waals surface area contributed by atoms with Crippen LogP contribution in [0.3, 0.4) is 0 Å². The third-order valence-electron chi connectivity index (χ3n) is 5.78. The quantitative estimate of drug-likeness (QED) is 0.121. The van der Waals surface area contributed by atoms with Gasteiger partial charge in [-0.2, -0.15) is 0 Å². The van der Waals surface area contributed by atoms with E-state index in [9.17, 15) is 50.4 Å². The highest BCUT2D eigenvalue weighted by Gasteiger charge is 2.52. The van der Waals surface area contributed by atoms with Crippen molar-refractivity contribution in [3.05, 3.63) is 29.8 Å². The molecule has 0 radical (unpaired) electrons. The van der Waals surface area contributed by atoms with E-state index in [1.54, 1.807) is 0 Å². The number of methoxy groups -OCH3 is 1. The second-order valence-corrected chi connectivity index (χ2v) is 8.24. The zero-order chi connectivity index (χ0) is 27.4. The summed E-state index contributed by atoms with van der Waals surface area (Å²) in [5.74, 6) is -2.72. The third-order valence-corrected chi connectivity index (χ3v) is 5.78. The van der Waals surface area contributed by atoms with Crippen LogP contribution in [0, 0.1) is 0 Å². The lowest BCUT2D eigenvalue weighted by Crippen LogP contribution is -2.65. The molecule has 10 atom stereocenters. The molecule has 10 unspecified atom stereocenters. The average molecular weight is 532 g/mol. The second-order valence-electron chi connectivity index (χ2n) is 8.24. The first-order valence-electron chi connectivity index (χ1n) is 10.9. The van der Waals surface area contributed by atoms with Gasteiger partial charge in [-0.1, -0.05) is 6.07 Å². The zero-order valence-corrected chi connectivity index (χ0v) is 19.3. The minimum Gasteiger partial charge on any atom is -0.504 e. The van der Waals surface area contributed by atoms with Crippen LogP contribution in [0.4, 0.5) is 0 Å². The molecule has 0 spiro atoms. The monoisotopic (exact) mass is 532 g/mol. The molecule has 37 heavy (non-hydrogen) atoms. The van der Waals surface area contributed by atoms with Crippen LogP contribution in [0.5, 0.6) is 11.5 Å². The van der Waals surface area contributed by atoms with Crippen LogP contribution in [0.25, 0.3) is 6.08 Å². The van der Waals surface area contributed by atoms with E-state index in [1.165, 1.54) is 31.4 Å². The van der Waals surface area contributed by atoms with Crippen molar-refractivity contribution in [2.75, 3.05) is 13.7 Å². The highest BCUT2D eigenvalue weighted by atomic mass is 16.8. The molecular formula is C22H28O15. The summed E-state index contributed by atoms with van der Waals surface area (Å²) in [5, 5.41) is 79.1. The SMILES string of the molecule is COc1cc(C=CC(=O)OC2OC(CO)C(O)C(O)C2OC2OC(C(=O)O)C(O)C(O)C2O)ccc1O. The minimum atomic E-state index is -2.03. The summed E-state index contributed by atoms with van der Waals surface area (Å²) in [5.41, 5.74) is 0.429. The molecule has 0 amide bonds. The van der Waals surface area contributed by atoms with E-state index in [-0.39, 0.29) is 11.5 Å². The number of aliphatic hydroxyl groups excluding tert-OH is 6. The number of hydrogen-bond donors (Lipinski definition) is 8. The Morgan fingerprint density at radius 2 is 1.68 bits per heavy atom. The van der Waals surface area contributed by atoms with Gasteiger partial charge in [0.1, 0.15) is 36.6 Å². The van der Waals surface area contributed by atoms with Crippen LogP contribution in [0.2, 0.25) is 0 Å². The Balaban J connectivity index is 1.78. The summed E-state index contributed by atoms with van der Waals surface area (Å²) in [6.07, 6.45) is -16.5. The van der Waals surface area contributed by atoms with Crippen molar-refractivity contribution in [3.8, 4) is 11.5 Å². The minimum absolute atomic E-state index is 0.129. The Morgan fingerprint density at radius 1 is 0.973 bits per heavy atom. The number of phenolic OH excluding ortho intramolecular Hbond substituents is 1. The van der Waals surface area contributed by atoms with E-state index in [2.05, 4.69) is 0 Å². The molecule has 2 aliphatic heterocycles. The van der Waals surface area contributed by atoms with E-state index >= 15 is 0 Å². The number of carboxylic acids is 1. The maximum absolute atomic E-state index is 12.5. The standard InChI is InChI=1S/C22H28O15/c1-33-10-6-8(2-4-9(10)24)3-5-12(25)35-22-19(15(28)13(26)11(7-23)34-22)37-21-17(30)14(27)16(29)18(36-21)20(31)32/h2-6,11,13-19,21-24,26-30H,7H2,1H3,(H,31,32). The van der Waals surface area contributed by atoms with Crippen LogP contribution in [0.1, 0.15) is 5.56 Å². The highest BCUT2D eigenvalue weighted by Crippen LogP contribution is 2.30. The van der Waals surface area contributed by atoms with Gasteiger partial charge in [0, 0.05) is 6.08 Å². The lowest BCUT2D eigenvalue weighted by molar-refractivity contribution is -0.358. The molecule has 15 heteroatoms. The summed E-state index contributed by atoms with van der Waals surface area (Å²) >= 11 is 0. The van der Waals surface area contributed by atoms with Gasteiger partial charge in [0.15, 0.2) is 30.0 Å². The van der Waals surface area contributed by atoms with Crippen LogP contribution >= 0.6 is 0 Å². The first-order chi connectivity index (χ1) is 17.5. The van der Waals surface area contributed by atoms with E-state index < -0.39 is 80.0 Å². The van der Waals surface area contributed by atoms with Crippen LogP contribution in [-0.2, 0) is 28.5 Å². The maximum atomic E-state index is 12.5. The number of carbonyl (C=O) groups excluding carboxylic acids is 1.